The van der Waals surface area contributed by atoms with Crippen molar-refractivity contribution in [2.75, 3.05) is 26.2 Å². The summed E-state index contributed by atoms with van der Waals surface area (Å²) in [6.45, 7) is 2.27. The lowest BCUT2D eigenvalue weighted by molar-refractivity contribution is -0.120. The van der Waals surface area contributed by atoms with Crippen LogP contribution in [0.4, 0.5) is 0 Å². The number of carbonyl (C=O) groups excluding carboxylic acids is 2. The number of rotatable bonds is 1. The molecule has 0 atom stereocenters. The summed E-state index contributed by atoms with van der Waals surface area (Å²) in [5.41, 5.74) is 1.77. The van der Waals surface area contributed by atoms with Crippen LogP contribution in [-0.4, -0.2) is 43.0 Å². The summed E-state index contributed by atoms with van der Waals surface area (Å²) in [6.07, 6.45) is 1.23. The van der Waals surface area contributed by atoms with E-state index in [0.717, 1.165) is 17.7 Å². The summed E-state index contributed by atoms with van der Waals surface area (Å²) in [6, 6.07) is 5.56. The Morgan fingerprint density at radius 2 is 2.16 bits per heavy atom. The maximum absolute atomic E-state index is 12.4. The molecule has 1 fully saturated rings. The third-order valence-electron chi connectivity index (χ3n) is 3.54. The second-order valence-electron chi connectivity index (χ2n) is 4.81. The summed E-state index contributed by atoms with van der Waals surface area (Å²) in [7, 11) is 0. The van der Waals surface area contributed by atoms with Gasteiger partial charge in [-0.1, -0.05) is 0 Å². The molecule has 0 aromatic heterocycles. The zero-order valence-electron chi connectivity index (χ0n) is 10.6. The summed E-state index contributed by atoms with van der Waals surface area (Å²) in [4.78, 5) is 25.4. The zero-order chi connectivity index (χ0) is 13.2. The van der Waals surface area contributed by atoms with E-state index in [-0.39, 0.29) is 11.8 Å². The second kappa shape index (κ2) is 4.91. The van der Waals surface area contributed by atoms with Crippen molar-refractivity contribution in [2.24, 2.45) is 0 Å². The zero-order valence-corrected chi connectivity index (χ0v) is 10.6. The first-order valence-electron chi connectivity index (χ1n) is 6.56. The first-order valence-corrected chi connectivity index (χ1v) is 6.56. The normalized spacial score (nSPS) is 18.3. The molecular weight excluding hydrogens is 244 g/mol. The summed E-state index contributed by atoms with van der Waals surface area (Å²) in [5.74, 6) is 0.883. The quantitative estimate of drug-likeness (QED) is 0.803. The van der Waals surface area contributed by atoms with Crippen LogP contribution < -0.4 is 10.1 Å². The molecular formula is C14H16N2O3. The van der Waals surface area contributed by atoms with Crippen LogP contribution in [0.1, 0.15) is 22.3 Å². The van der Waals surface area contributed by atoms with Gasteiger partial charge in [-0.25, -0.2) is 0 Å². The molecule has 0 aliphatic carbocycles. The first kappa shape index (κ1) is 12.0. The van der Waals surface area contributed by atoms with Crippen LogP contribution >= 0.6 is 0 Å². The fraction of sp³-hybridized carbons (Fsp3) is 0.429. The van der Waals surface area contributed by atoms with Gasteiger partial charge in [0.15, 0.2) is 0 Å². The number of nitrogens with one attached hydrogen (secondary N) is 1. The fourth-order valence-corrected chi connectivity index (χ4v) is 2.47. The van der Waals surface area contributed by atoms with Gasteiger partial charge in [-0.05, 0) is 23.8 Å². The van der Waals surface area contributed by atoms with Crippen LogP contribution in [0.25, 0.3) is 0 Å². The minimum atomic E-state index is -0.00815. The lowest BCUT2D eigenvalue weighted by Crippen LogP contribution is -2.34. The molecule has 1 N–H and O–H groups in total. The Morgan fingerprint density at radius 3 is 3.05 bits per heavy atom. The van der Waals surface area contributed by atoms with Crippen molar-refractivity contribution in [2.45, 2.75) is 12.8 Å². The fourth-order valence-electron chi connectivity index (χ4n) is 2.47. The van der Waals surface area contributed by atoms with E-state index in [4.69, 9.17) is 4.74 Å². The average Bonchev–Trinajstić information content (AvgIpc) is 2.78. The third-order valence-corrected chi connectivity index (χ3v) is 3.54. The standard InChI is InChI=1S/C14H16N2O3/c17-13-3-6-16(7-5-15-13)14(18)11-1-2-12-10(9-11)4-8-19-12/h1-2,9H,3-8H2,(H,15,17). The van der Waals surface area contributed by atoms with Gasteiger partial charge in [-0.15, -0.1) is 0 Å². The molecule has 0 spiro atoms. The second-order valence-corrected chi connectivity index (χ2v) is 4.81. The molecule has 100 valence electrons. The molecule has 0 unspecified atom stereocenters. The van der Waals surface area contributed by atoms with Gasteiger partial charge in [-0.3, -0.25) is 9.59 Å². The molecule has 0 saturated carbocycles. The Kier molecular flexibility index (Phi) is 3.11. The molecule has 2 heterocycles. The van der Waals surface area contributed by atoms with Gasteiger partial charge in [0.2, 0.25) is 5.91 Å². The van der Waals surface area contributed by atoms with Gasteiger partial charge in [0.25, 0.3) is 5.91 Å². The summed E-state index contributed by atoms with van der Waals surface area (Å²) in [5, 5.41) is 2.77. The predicted octanol–water partition coefficient (Wildman–Crippen LogP) is 0.584. The maximum atomic E-state index is 12.4. The van der Waals surface area contributed by atoms with Gasteiger partial charge in [0.1, 0.15) is 5.75 Å². The van der Waals surface area contributed by atoms with E-state index in [0.29, 0.717) is 38.2 Å². The number of fused-ring (bicyclic) bond motifs is 1. The summed E-state index contributed by atoms with van der Waals surface area (Å²) >= 11 is 0. The van der Waals surface area contributed by atoms with Gasteiger partial charge in [-0.2, -0.15) is 0 Å². The molecule has 1 saturated heterocycles. The average molecular weight is 260 g/mol. The van der Waals surface area contributed by atoms with Crippen molar-refractivity contribution in [3.63, 3.8) is 0 Å². The van der Waals surface area contributed by atoms with Crippen LogP contribution in [0.15, 0.2) is 18.2 Å². The van der Waals surface area contributed by atoms with Crippen molar-refractivity contribution < 1.29 is 14.3 Å². The molecule has 3 rings (SSSR count). The molecule has 5 heteroatoms. The maximum Gasteiger partial charge on any atom is 0.253 e. The molecule has 1 aromatic carbocycles. The topological polar surface area (TPSA) is 58.6 Å². The van der Waals surface area contributed by atoms with Crippen LogP contribution in [0.3, 0.4) is 0 Å². The number of hydrogen-bond acceptors (Lipinski definition) is 3. The van der Waals surface area contributed by atoms with E-state index < -0.39 is 0 Å². The molecule has 2 aliphatic heterocycles. The monoisotopic (exact) mass is 260 g/mol. The molecule has 1 aromatic rings. The highest BCUT2D eigenvalue weighted by molar-refractivity contribution is 5.95. The Bertz CT molecular complexity index is 527. The van der Waals surface area contributed by atoms with Crippen molar-refractivity contribution in [1.29, 1.82) is 0 Å². The number of ether oxygens (including phenoxy) is 1. The lowest BCUT2D eigenvalue weighted by atomic mass is 10.1. The third kappa shape index (κ3) is 2.41. The van der Waals surface area contributed by atoms with Crippen LogP contribution in [0.2, 0.25) is 0 Å². The number of benzene rings is 1. The highest BCUT2D eigenvalue weighted by Crippen LogP contribution is 2.26. The number of carbonyl (C=O) groups is 2. The Balaban J connectivity index is 1.77. The van der Waals surface area contributed by atoms with Gasteiger partial charge in [0, 0.05) is 38.0 Å². The van der Waals surface area contributed by atoms with E-state index in [2.05, 4.69) is 5.32 Å². The van der Waals surface area contributed by atoms with E-state index in [1.165, 1.54) is 0 Å². The smallest absolute Gasteiger partial charge is 0.253 e. The Morgan fingerprint density at radius 1 is 1.26 bits per heavy atom. The number of hydrogen-bond donors (Lipinski definition) is 1. The lowest BCUT2D eigenvalue weighted by Gasteiger charge is -2.19. The van der Waals surface area contributed by atoms with E-state index in [9.17, 15) is 9.59 Å². The Labute approximate surface area is 111 Å². The SMILES string of the molecule is O=C1CCN(C(=O)c2ccc3c(c2)CCO3)CCN1. The van der Waals surface area contributed by atoms with E-state index >= 15 is 0 Å². The Hall–Kier alpha value is -2.04. The molecule has 0 bridgehead atoms. The molecule has 2 aliphatic rings. The molecule has 2 amide bonds. The number of nitrogens with zero attached hydrogens (tertiary/aromatic N) is 1. The predicted molar refractivity (Wildman–Crippen MR) is 69.2 cm³/mol. The van der Waals surface area contributed by atoms with Gasteiger partial charge in [0.05, 0.1) is 6.61 Å². The van der Waals surface area contributed by atoms with Crippen LogP contribution in [0.5, 0.6) is 5.75 Å². The van der Waals surface area contributed by atoms with Crippen molar-refractivity contribution in [3.05, 3.63) is 29.3 Å². The van der Waals surface area contributed by atoms with Crippen LogP contribution in [0, 0.1) is 0 Å². The van der Waals surface area contributed by atoms with Crippen molar-refractivity contribution >= 4 is 11.8 Å². The highest BCUT2D eigenvalue weighted by Gasteiger charge is 2.21. The van der Waals surface area contributed by atoms with Crippen molar-refractivity contribution in [1.82, 2.24) is 10.2 Å². The first-order chi connectivity index (χ1) is 9.24. The van der Waals surface area contributed by atoms with E-state index in [1.807, 2.05) is 12.1 Å². The van der Waals surface area contributed by atoms with Gasteiger partial charge >= 0.3 is 0 Å². The minimum absolute atomic E-state index is 0.00815. The molecule has 19 heavy (non-hydrogen) atoms. The minimum Gasteiger partial charge on any atom is -0.493 e. The molecule has 5 nitrogen and oxygen atoms in total. The number of amides is 2. The largest absolute Gasteiger partial charge is 0.493 e. The van der Waals surface area contributed by atoms with Gasteiger partial charge < -0.3 is 15.0 Å². The van der Waals surface area contributed by atoms with Crippen LogP contribution in [-0.2, 0) is 11.2 Å². The highest BCUT2D eigenvalue weighted by atomic mass is 16.5. The molecule has 0 radical (unpaired) electrons. The van der Waals surface area contributed by atoms with E-state index in [1.54, 1.807) is 11.0 Å². The summed E-state index contributed by atoms with van der Waals surface area (Å²) < 4.78 is 5.43. The van der Waals surface area contributed by atoms with Crippen molar-refractivity contribution in [3.8, 4) is 5.75 Å².